The maximum absolute atomic E-state index is 13.1. The van der Waals surface area contributed by atoms with Gasteiger partial charge in [-0.25, -0.2) is 8.42 Å². The van der Waals surface area contributed by atoms with Crippen LogP contribution in [0.15, 0.2) is 70.0 Å². The molecular weight excluding hydrogens is 450 g/mol. The third-order valence-corrected chi connectivity index (χ3v) is 7.75. The molecule has 0 unspecified atom stereocenters. The number of morpholine rings is 1. The van der Waals surface area contributed by atoms with Crippen LogP contribution in [0.1, 0.15) is 15.9 Å². The van der Waals surface area contributed by atoms with Crippen molar-refractivity contribution < 1.29 is 22.7 Å². The molecule has 4 rings (SSSR count). The van der Waals surface area contributed by atoms with Crippen LogP contribution in [0.25, 0.3) is 0 Å². The van der Waals surface area contributed by atoms with Gasteiger partial charge in [0, 0.05) is 31.2 Å². The molecule has 0 spiro atoms. The van der Waals surface area contributed by atoms with Crippen LogP contribution in [-0.4, -0.2) is 56.6 Å². The van der Waals surface area contributed by atoms with E-state index in [1.807, 2.05) is 46.5 Å². The predicted octanol–water partition coefficient (Wildman–Crippen LogP) is 2.37. The Labute approximate surface area is 190 Å². The number of methoxy groups -OCH3 is 1. The SMILES string of the molecule is COc1ccc(S(=O)(=O)N2CCOCC2)cc1C(=O)N=c1sccn1Cc1ccccc1. The lowest BCUT2D eigenvalue weighted by Crippen LogP contribution is -2.40. The van der Waals surface area contributed by atoms with Crippen LogP contribution in [0.5, 0.6) is 5.75 Å². The van der Waals surface area contributed by atoms with Crippen LogP contribution in [0.3, 0.4) is 0 Å². The molecule has 3 aromatic rings. The maximum Gasteiger partial charge on any atom is 0.283 e. The zero-order valence-electron chi connectivity index (χ0n) is 17.5. The topological polar surface area (TPSA) is 90.2 Å². The minimum absolute atomic E-state index is 0.0297. The standard InChI is InChI=1S/C22H23N3O5S2/c1-29-20-8-7-18(32(27,28)25-9-12-30-13-10-25)15-19(20)21(26)23-22-24(11-14-31-22)16-17-5-3-2-4-6-17/h2-8,11,14-15H,9-10,12-13,16H2,1H3. The van der Waals surface area contributed by atoms with Crippen molar-refractivity contribution in [2.24, 2.45) is 4.99 Å². The van der Waals surface area contributed by atoms with Crippen LogP contribution >= 0.6 is 11.3 Å². The van der Waals surface area contributed by atoms with Gasteiger partial charge < -0.3 is 14.0 Å². The molecule has 168 valence electrons. The highest BCUT2D eigenvalue weighted by Gasteiger charge is 2.28. The van der Waals surface area contributed by atoms with E-state index in [4.69, 9.17) is 9.47 Å². The molecule has 1 aromatic heterocycles. The smallest absolute Gasteiger partial charge is 0.283 e. The van der Waals surface area contributed by atoms with Gasteiger partial charge in [0.05, 0.1) is 30.8 Å². The number of rotatable bonds is 6. The quantitative estimate of drug-likeness (QED) is 0.548. The van der Waals surface area contributed by atoms with E-state index < -0.39 is 15.9 Å². The molecule has 0 atom stereocenters. The predicted molar refractivity (Wildman–Crippen MR) is 120 cm³/mol. The number of ether oxygens (including phenoxy) is 2. The Morgan fingerprint density at radius 3 is 2.62 bits per heavy atom. The summed E-state index contributed by atoms with van der Waals surface area (Å²) in [5.74, 6) is -0.295. The van der Waals surface area contributed by atoms with E-state index in [0.29, 0.717) is 24.6 Å². The molecule has 1 aliphatic rings. The van der Waals surface area contributed by atoms with Crippen molar-refractivity contribution in [3.63, 3.8) is 0 Å². The Hall–Kier alpha value is -2.79. The van der Waals surface area contributed by atoms with Gasteiger partial charge in [-0.05, 0) is 23.8 Å². The van der Waals surface area contributed by atoms with Gasteiger partial charge in [-0.15, -0.1) is 11.3 Å². The van der Waals surface area contributed by atoms with Crippen LogP contribution in [0, 0.1) is 0 Å². The van der Waals surface area contributed by atoms with E-state index in [-0.39, 0.29) is 29.3 Å². The highest BCUT2D eigenvalue weighted by atomic mass is 32.2. The fraction of sp³-hybridized carbons (Fsp3) is 0.273. The fourth-order valence-electron chi connectivity index (χ4n) is 3.39. The van der Waals surface area contributed by atoms with Gasteiger partial charge in [-0.3, -0.25) is 4.79 Å². The van der Waals surface area contributed by atoms with Crippen LogP contribution in [0.2, 0.25) is 0 Å². The highest BCUT2D eigenvalue weighted by molar-refractivity contribution is 7.89. The number of benzene rings is 2. The largest absolute Gasteiger partial charge is 0.496 e. The molecule has 10 heteroatoms. The fourth-order valence-corrected chi connectivity index (χ4v) is 5.55. The minimum atomic E-state index is -3.75. The van der Waals surface area contributed by atoms with Crippen molar-refractivity contribution >= 4 is 27.3 Å². The Balaban J connectivity index is 1.67. The van der Waals surface area contributed by atoms with E-state index >= 15 is 0 Å². The number of sulfonamides is 1. The summed E-state index contributed by atoms with van der Waals surface area (Å²) in [4.78, 5) is 17.9. The molecule has 0 N–H and O–H groups in total. The van der Waals surface area contributed by atoms with Crippen molar-refractivity contribution in [1.29, 1.82) is 0 Å². The van der Waals surface area contributed by atoms with Crippen LogP contribution in [0.4, 0.5) is 0 Å². The van der Waals surface area contributed by atoms with Crippen molar-refractivity contribution in [3.8, 4) is 5.75 Å². The molecule has 1 saturated heterocycles. The summed E-state index contributed by atoms with van der Waals surface area (Å²) in [6.07, 6.45) is 1.86. The van der Waals surface area contributed by atoms with Gasteiger partial charge in [0.25, 0.3) is 5.91 Å². The first-order chi connectivity index (χ1) is 15.5. The van der Waals surface area contributed by atoms with Crippen LogP contribution < -0.4 is 9.54 Å². The molecule has 1 fully saturated rings. The minimum Gasteiger partial charge on any atom is -0.496 e. The first kappa shape index (κ1) is 22.4. The summed E-state index contributed by atoms with van der Waals surface area (Å²) >= 11 is 1.33. The summed E-state index contributed by atoms with van der Waals surface area (Å²) in [5.41, 5.74) is 1.18. The Morgan fingerprint density at radius 2 is 1.91 bits per heavy atom. The van der Waals surface area contributed by atoms with Gasteiger partial charge in [0.1, 0.15) is 5.75 Å². The Morgan fingerprint density at radius 1 is 1.16 bits per heavy atom. The van der Waals surface area contributed by atoms with E-state index in [0.717, 1.165) is 5.56 Å². The first-order valence-electron chi connectivity index (χ1n) is 10.0. The monoisotopic (exact) mass is 473 g/mol. The second-order valence-corrected chi connectivity index (χ2v) is 9.91. The molecule has 1 aliphatic heterocycles. The summed E-state index contributed by atoms with van der Waals surface area (Å²) in [6, 6.07) is 14.1. The molecule has 2 aromatic carbocycles. The number of amides is 1. The lowest BCUT2D eigenvalue weighted by molar-refractivity contribution is 0.0730. The molecular formula is C22H23N3O5S2. The van der Waals surface area contributed by atoms with Crippen LogP contribution in [-0.2, 0) is 21.3 Å². The Kier molecular flexibility index (Phi) is 6.85. The van der Waals surface area contributed by atoms with E-state index in [1.165, 1.54) is 41.0 Å². The van der Waals surface area contributed by atoms with Crippen molar-refractivity contribution in [1.82, 2.24) is 8.87 Å². The number of hydrogen-bond acceptors (Lipinski definition) is 6. The van der Waals surface area contributed by atoms with E-state index in [9.17, 15) is 13.2 Å². The second kappa shape index (κ2) is 9.78. The number of thiazole rings is 1. The molecule has 0 aliphatic carbocycles. The number of carbonyl (C=O) groups excluding carboxylic acids is 1. The zero-order valence-corrected chi connectivity index (χ0v) is 19.1. The summed E-state index contributed by atoms with van der Waals surface area (Å²) in [7, 11) is -2.32. The second-order valence-electron chi connectivity index (χ2n) is 7.09. The average molecular weight is 474 g/mol. The normalized spacial score (nSPS) is 15.6. The lowest BCUT2D eigenvalue weighted by Gasteiger charge is -2.26. The lowest BCUT2D eigenvalue weighted by atomic mass is 10.2. The molecule has 0 bridgehead atoms. The summed E-state index contributed by atoms with van der Waals surface area (Å²) in [5, 5.41) is 1.85. The van der Waals surface area contributed by atoms with Gasteiger partial charge in [0.2, 0.25) is 10.0 Å². The molecule has 0 saturated carbocycles. The summed E-state index contributed by atoms with van der Waals surface area (Å²) in [6.45, 7) is 1.80. The first-order valence-corrected chi connectivity index (χ1v) is 12.3. The number of carbonyl (C=O) groups is 1. The third-order valence-electron chi connectivity index (χ3n) is 5.06. The van der Waals surface area contributed by atoms with E-state index in [1.54, 1.807) is 0 Å². The summed E-state index contributed by atoms with van der Waals surface area (Å²) < 4.78 is 39.8. The van der Waals surface area contributed by atoms with Gasteiger partial charge in [-0.2, -0.15) is 9.30 Å². The molecule has 8 nitrogen and oxygen atoms in total. The van der Waals surface area contributed by atoms with Gasteiger partial charge in [-0.1, -0.05) is 30.3 Å². The zero-order chi connectivity index (χ0) is 22.6. The van der Waals surface area contributed by atoms with Crippen molar-refractivity contribution in [3.05, 3.63) is 76.0 Å². The number of aromatic nitrogens is 1. The van der Waals surface area contributed by atoms with Gasteiger partial charge >= 0.3 is 0 Å². The average Bonchev–Trinajstić information content (AvgIpc) is 3.26. The van der Waals surface area contributed by atoms with Crippen molar-refractivity contribution in [2.75, 3.05) is 33.4 Å². The number of hydrogen-bond donors (Lipinski definition) is 0. The molecule has 2 heterocycles. The Bertz CT molecular complexity index is 1260. The highest BCUT2D eigenvalue weighted by Crippen LogP contribution is 2.25. The van der Waals surface area contributed by atoms with Gasteiger partial charge in [0.15, 0.2) is 4.80 Å². The molecule has 32 heavy (non-hydrogen) atoms. The number of nitrogens with zero attached hydrogens (tertiary/aromatic N) is 3. The maximum atomic E-state index is 13.1. The van der Waals surface area contributed by atoms with Crippen molar-refractivity contribution in [2.45, 2.75) is 11.4 Å². The molecule has 1 amide bonds. The van der Waals surface area contributed by atoms with E-state index in [2.05, 4.69) is 4.99 Å². The molecule has 0 radical (unpaired) electrons. The third kappa shape index (κ3) is 4.83.